The molecule has 0 fully saturated rings. The highest BCUT2D eigenvalue weighted by Gasteiger charge is 2.16. The molecule has 3 heterocycles. The van der Waals surface area contributed by atoms with Gasteiger partial charge in [-0.2, -0.15) is 9.78 Å². The highest BCUT2D eigenvalue weighted by Crippen LogP contribution is 2.29. The molecule has 0 atom stereocenters. The van der Waals surface area contributed by atoms with Crippen LogP contribution in [0.2, 0.25) is 0 Å². The lowest BCUT2D eigenvalue weighted by molar-refractivity contribution is -0.385. The molecule has 0 unspecified atom stereocenters. The normalized spacial score (nSPS) is 11.4. The lowest BCUT2D eigenvalue weighted by Gasteiger charge is -2.07. The number of rotatable bonds is 6. The quantitative estimate of drug-likeness (QED) is 0.124. The number of nitro groups is 1. The van der Waals surface area contributed by atoms with Crippen molar-refractivity contribution < 1.29 is 14.1 Å². The molecule has 0 aliphatic rings. The predicted octanol–water partition coefficient (Wildman–Crippen LogP) is 6.55. The van der Waals surface area contributed by atoms with E-state index < -0.39 is 4.92 Å². The number of hydrogen-bond acceptors (Lipinski definition) is 8. The van der Waals surface area contributed by atoms with Gasteiger partial charge in [0.2, 0.25) is 11.7 Å². The Balaban J connectivity index is 1.34. The fourth-order valence-electron chi connectivity index (χ4n) is 3.92. The first-order valence-corrected chi connectivity index (χ1v) is 12.4. The summed E-state index contributed by atoms with van der Waals surface area (Å²) < 4.78 is 13.8. The van der Waals surface area contributed by atoms with E-state index in [1.807, 2.05) is 30.3 Å². The summed E-state index contributed by atoms with van der Waals surface area (Å²) >= 11 is 3.47. The number of pyridine rings is 1. The van der Waals surface area contributed by atoms with Gasteiger partial charge in [0.05, 0.1) is 22.0 Å². The van der Waals surface area contributed by atoms with Crippen LogP contribution in [0, 0.1) is 10.1 Å². The second-order valence-corrected chi connectivity index (χ2v) is 9.31. The first kappa shape index (κ1) is 24.2. The molecule has 0 N–H and O–H groups in total. The molecule has 190 valence electrons. The summed E-state index contributed by atoms with van der Waals surface area (Å²) in [4.78, 5) is 32.3. The van der Waals surface area contributed by atoms with E-state index in [0.717, 1.165) is 16.1 Å². The summed E-state index contributed by atoms with van der Waals surface area (Å²) in [5.74, 6) is 1.37. The van der Waals surface area contributed by atoms with Crippen LogP contribution in [0.5, 0.6) is 11.6 Å². The number of para-hydroxylation sites is 1. The van der Waals surface area contributed by atoms with Gasteiger partial charge >= 0.3 is 0 Å². The van der Waals surface area contributed by atoms with Gasteiger partial charge in [-0.05, 0) is 66.2 Å². The zero-order valence-electron chi connectivity index (χ0n) is 19.9. The maximum Gasteiger partial charge on any atom is 0.287 e. The van der Waals surface area contributed by atoms with Crippen molar-refractivity contribution in [2.24, 2.45) is 5.10 Å². The van der Waals surface area contributed by atoms with E-state index in [0.29, 0.717) is 33.6 Å². The summed E-state index contributed by atoms with van der Waals surface area (Å²) in [7, 11) is 0. The smallest absolute Gasteiger partial charge is 0.287 e. The van der Waals surface area contributed by atoms with Gasteiger partial charge in [-0.3, -0.25) is 14.9 Å². The van der Waals surface area contributed by atoms with Gasteiger partial charge in [0.25, 0.3) is 11.2 Å². The summed E-state index contributed by atoms with van der Waals surface area (Å²) in [5.41, 5.74) is 1.43. The number of nitrogens with zero attached hydrogens (tertiary/aromatic N) is 5. The minimum atomic E-state index is -0.528. The van der Waals surface area contributed by atoms with Crippen molar-refractivity contribution in [1.82, 2.24) is 14.6 Å². The molecule has 0 amide bonds. The van der Waals surface area contributed by atoms with E-state index in [1.54, 1.807) is 42.5 Å². The van der Waals surface area contributed by atoms with Crippen molar-refractivity contribution in [3.8, 4) is 23.2 Å². The molecule has 0 saturated heterocycles. The molecule has 0 spiro atoms. The van der Waals surface area contributed by atoms with Gasteiger partial charge < -0.3 is 9.15 Å². The Labute approximate surface area is 228 Å². The molecule has 10 nitrogen and oxygen atoms in total. The Hall–Kier alpha value is -5.16. The number of fused-ring (bicyclic) bond motifs is 2. The second kappa shape index (κ2) is 9.95. The molecule has 39 heavy (non-hydrogen) atoms. The van der Waals surface area contributed by atoms with Crippen LogP contribution in [0.1, 0.15) is 5.56 Å². The first-order valence-electron chi connectivity index (χ1n) is 11.6. The summed E-state index contributed by atoms with van der Waals surface area (Å²) in [6, 6.07) is 24.2. The molecule has 0 aliphatic carbocycles. The fourth-order valence-corrected chi connectivity index (χ4v) is 4.30. The average molecular weight is 582 g/mol. The van der Waals surface area contributed by atoms with Gasteiger partial charge in [-0.15, -0.1) is 0 Å². The number of furan rings is 1. The summed E-state index contributed by atoms with van der Waals surface area (Å²) in [6.07, 6.45) is 2.67. The number of halogens is 1. The van der Waals surface area contributed by atoms with Crippen molar-refractivity contribution >= 4 is 49.7 Å². The lowest BCUT2D eigenvalue weighted by atomic mass is 10.2. The number of benzene rings is 3. The van der Waals surface area contributed by atoms with Gasteiger partial charge in [0.1, 0.15) is 17.5 Å². The van der Waals surface area contributed by atoms with Crippen molar-refractivity contribution in [2.75, 3.05) is 0 Å². The van der Waals surface area contributed by atoms with E-state index in [1.165, 1.54) is 23.0 Å². The Morgan fingerprint density at radius 2 is 1.85 bits per heavy atom. The first-order chi connectivity index (χ1) is 18.9. The lowest BCUT2D eigenvalue weighted by Crippen LogP contribution is -2.20. The highest BCUT2D eigenvalue weighted by molar-refractivity contribution is 9.10. The van der Waals surface area contributed by atoms with Crippen LogP contribution < -0.4 is 10.3 Å². The van der Waals surface area contributed by atoms with E-state index in [-0.39, 0.29) is 23.0 Å². The monoisotopic (exact) mass is 581 g/mol. The summed E-state index contributed by atoms with van der Waals surface area (Å²) in [5, 5.41) is 16.5. The molecule has 3 aromatic carbocycles. The Morgan fingerprint density at radius 3 is 2.62 bits per heavy atom. The third kappa shape index (κ3) is 4.90. The molecule has 6 aromatic rings. The standard InChI is InChI=1S/C28H16BrN5O5/c29-19-7-11-24-18(13-19)14-25(39-24)27-32-23-4-2-1-3-22(23)28(35)33(27)31-15-17-5-9-21(10-6-17)38-26-12-8-20(16-30-26)34(36)37/h1-16H. The van der Waals surface area contributed by atoms with Crippen LogP contribution in [0.3, 0.4) is 0 Å². The highest BCUT2D eigenvalue weighted by atomic mass is 79.9. The van der Waals surface area contributed by atoms with E-state index in [4.69, 9.17) is 9.15 Å². The molecule has 11 heteroatoms. The SMILES string of the molecule is O=c1c2ccccc2nc(-c2cc3cc(Br)ccc3o2)n1N=Cc1ccc(Oc2ccc([N+](=O)[O-])cn2)cc1. The molecule has 0 saturated carbocycles. The van der Waals surface area contributed by atoms with E-state index in [9.17, 15) is 14.9 Å². The van der Waals surface area contributed by atoms with Gasteiger partial charge in [0.15, 0.2) is 5.76 Å². The van der Waals surface area contributed by atoms with Crippen molar-refractivity contribution in [2.45, 2.75) is 0 Å². The summed E-state index contributed by atoms with van der Waals surface area (Å²) in [6.45, 7) is 0. The minimum absolute atomic E-state index is 0.123. The zero-order chi connectivity index (χ0) is 26.9. The third-order valence-corrected chi connectivity index (χ3v) is 6.30. The molecule has 0 radical (unpaired) electrons. The van der Waals surface area contributed by atoms with Gasteiger partial charge in [-0.25, -0.2) is 9.97 Å². The maximum atomic E-state index is 13.4. The van der Waals surface area contributed by atoms with Crippen LogP contribution in [0.25, 0.3) is 33.5 Å². The zero-order valence-corrected chi connectivity index (χ0v) is 21.5. The van der Waals surface area contributed by atoms with Crippen LogP contribution in [0.15, 0.2) is 110 Å². The van der Waals surface area contributed by atoms with Crippen molar-refractivity contribution in [3.05, 3.63) is 122 Å². The predicted molar refractivity (Wildman–Crippen MR) is 149 cm³/mol. The maximum absolute atomic E-state index is 13.4. The molecular weight excluding hydrogens is 566 g/mol. The average Bonchev–Trinajstić information content (AvgIpc) is 3.37. The Kier molecular flexibility index (Phi) is 6.17. The minimum Gasteiger partial charge on any atom is -0.453 e. The molecule has 3 aromatic heterocycles. The van der Waals surface area contributed by atoms with Crippen LogP contribution in [0.4, 0.5) is 5.69 Å². The number of ether oxygens (including phenoxy) is 1. The van der Waals surface area contributed by atoms with Crippen LogP contribution >= 0.6 is 15.9 Å². The van der Waals surface area contributed by atoms with E-state index in [2.05, 4.69) is 31.0 Å². The number of aromatic nitrogens is 3. The molecule has 0 aliphatic heterocycles. The second-order valence-electron chi connectivity index (χ2n) is 8.39. The van der Waals surface area contributed by atoms with Gasteiger partial charge in [-0.1, -0.05) is 28.1 Å². The molecular formula is C28H16BrN5O5. The van der Waals surface area contributed by atoms with E-state index >= 15 is 0 Å². The third-order valence-electron chi connectivity index (χ3n) is 5.81. The van der Waals surface area contributed by atoms with Crippen LogP contribution in [-0.4, -0.2) is 25.8 Å². The topological polar surface area (TPSA) is 126 Å². The fraction of sp³-hybridized carbons (Fsp3) is 0. The molecule has 6 rings (SSSR count). The van der Waals surface area contributed by atoms with Crippen molar-refractivity contribution in [3.63, 3.8) is 0 Å². The molecule has 0 bridgehead atoms. The Morgan fingerprint density at radius 1 is 1.03 bits per heavy atom. The Bertz CT molecular complexity index is 1950. The van der Waals surface area contributed by atoms with Crippen LogP contribution in [-0.2, 0) is 0 Å². The van der Waals surface area contributed by atoms with Gasteiger partial charge in [0, 0.05) is 22.0 Å². The number of hydrogen-bond donors (Lipinski definition) is 0. The van der Waals surface area contributed by atoms with Crippen molar-refractivity contribution in [1.29, 1.82) is 0 Å². The largest absolute Gasteiger partial charge is 0.453 e.